The van der Waals surface area contributed by atoms with Crippen LogP contribution in [0, 0.1) is 0 Å². The molecule has 0 bridgehead atoms. The zero-order valence-corrected chi connectivity index (χ0v) is 24.6. The quantitative estimate of drug-likeness (QED) is 0.272. The third-order valence-electron chi connectivity index (χ3n) is 7.41. The monoisotopic (exact) mass is 582 g/mol. The Hall–Kier alpha value is -2.67. The first-order valence-corrected chi connectivity index (χ1v) is 14.6. The van der Waals surface area contributed by atoms with Crippen LogP contribution in [0.15, 0.2) is 51.9 Å². The first kappa shape index (κ1) is 28.3. The van der Waals surface area contributed by atoms with Gasteiger partial charge in [0.15, 0.2) is 5.60 Å². The Morgan fingerprint density at radius 1 is 1.08 bits per heavy atom. The lowest BCUT2D eigenvalue weighted by Crippen LogP contribution is -2.43. The number of esters is 1. The van der Waals surface area contributed by atoms with Crippen molar-refractivity contribution in [2.45, 2.75) is 96.7 Å². The molecule has 38 heavy (non-hydrogen) atoms. The highest BCUT2D eigenvalue weighted by Gasteiger charge is 2.48. The van der Waals surface area contributed by atoms with E-state index < -0.39 is 17.1 Å². The molecule has 1 aliphatic carbocycles. The van der Waals surface area contributed by atoms with Crippen molar-refractivity contribution in [2.24, 2.45) is 4.99 Å². The minimum Gasteiger partial charge on any atom is -0.476 e. The van der Waals surface area contributed by atoms with Crippen molar-refractivity contribution in [1.82, 2.24) is 4.90 Å². The molecule has 0 radical (unpaired) electrons. The molecular formula is C31H39BrN2O4. The second-order valence-corrected chi connectivity index (χ2v) is 11.7. The molecular weight excluding hydrogens is 544 g/mol. The van der Waals surface area contributed by atoms with Gasteiger partial charge in [0, 0.05) is 16.5 Å². The van der Waals surface area contributed by atoms with Gasteiger partial charge in [-0.3, -0.25) is 14.7 Å². The summed E-state index contributed by atoms with van der Waals surface area (Å²) in [6.45, 7) is 8.20. The van der Waals surface area contributed by atoms with E-state index in [1.807, 2.05) is 35.2 Å². The lowest BCUT2D eigenvalue weighted by atomic mass is 9.82. The number of ether oxygens (including phenoxy) is 2. The normalized spacial score (nSPS) is 17.0. The molecule has 0 N–H and O–H groups in total. The third kappa shape index (κ3) is 6.14. The van der Waals surface area contributed by atoms with Crippen LogP contribution in [0.4, 0.5) is 0 Å². The predicted octanol–water partition coefficient (Wildman–Crippen LogP) is 7.47. The van der Waals surface area contributed by atoms with Crippen LogP contribution in [0.2, 0.25) is 0 Å². The average Bonchev–Trinajstić information content (AvgIpc) is 3.14. The molecule has 1 heterocycles. The van der Waals surface area contributed by atoms with Crippen molar-refractivity contribution >= 4 is 33.6 Å². The van der Waals surface area contributed by atoms with E-state index in [4.69, 9.17) is 14.5 Å². The summed E-state index contributed by atoms with van der Waals surface area (Å²) in [5, 5.41) is 0. The van der Waals surface area contributed by atoms with E-state index in [1.165, 1.54) is 6.42 Å². The molecule has 1 fully saturated rings. The summed E-state index contributed by atoms with van der Waals surface area (Å²) in [7, 11) is 0. The Morgan fingerprint density at radius 2 is 1.79 bits per heavy atom. The van der Waals surface area contributed by atoms with Crippen LogP contribution in [0.1, 0.15) is 84.6 Å². The first-order valence-electron chi connectivity index (χ1n) is 13.8. The molecule has 2 aromatic carbocycles. The van der Waals surface area contributed by atoms with E-state index in [0.717, 1.165) is 71.9 Å². The van der Waals surface area contributed by atoms with E-state index in [9.17, 15) is 9.59 Å². The van der Waals surface area contributed by atoms with Gasteiger partial charge in [0.1, 0.15) is 17.1 Å². The topological polar surface area (TPSA) is 68.2 Å². The molecule has 1 saturated carbocycles. The summed E-state index contributed by atoms with van der Waals surface area (Å²) in [4.78, 5) is 33.0. The highest BCUT2D eigenvalue weighted by molar-refractivity contribution is 9.10. The van der Waals surface area contributed by atoms with E-state index in [-0.39, 0.29) is 5.91 Å². The molecule has 4 rings (SSSR count). The highest BCUT2D eigenvalue weighted by atomic mass is 79.9. The van der Waals surface area contributed by atoms with Crippen LogP contribution in [0.5, 0.6) is 5.75 Å². The zero-order valence-electron chi connectivity index (χ0n) is 23.0. The minimum atomic E-state index is -1.13. The van der Waals surface area contributed by atoms with Crippen molar-refractivity contribution in [3.05, 3.63) is 52.5 Å². The maximum atomic E-state index is 13.6. The molecule has 0 saturated heterocycles. The van der Waals surface area contributed by atoms with Gasteiger partial charge in [-0.15, -0.1) is 0 Å². The third-order valence-corrected chi connectivity index (χ3v) is 7.91. The van der Waals surface area contributed by atoms with Crippen LogP contribution >= 0.6 is 15.9 Å². The molecule has 7 heteroatoms. The summed E-state index contributed by atoms with van der Waals surface area (Å²) in [6.07, 6.45) is 8.02. The Morgan fingerprint density at radius 3 is 2.45 bits per heavy atom. The van der Waals surface area contributed by atoms with Gasteiger partial charge in [0.25, 0.3) is 5.91 Å². The minimum absolute atomic E-state index is 0.177. The molecule has 204 valence electrons. The number of carbonyl (C=O) groups is 2. The fourth-order valence-corrected chi connectivity index (χ4v) is 5.65. The summed E-state index contributed by atoms with van der Waals surface area (Å²) in [6, 6.07) is 13.9. The fraction of sp³-hybridized carbons (Fsp3) is 0.516. The molecule has 1 spiro atoms. The number of halogens is 1. The number of amides is 1. The molecule has 6 nitrogen and oxygen atoms in total. The number of hydrogen-bond acceptors (Lipinski definition) is 5. The standard InChI is InChI=1S/C31H39BrN2O4/c1-5-7-11-27-33-31(18-9-8-10-19-31)28(35)34(27)21-22-12-14-23(15-13-22)25-20-24(32)16-17-26(25)38-30(3,4)29(36)37-6-2/h12-17,20H,5-11,18-19,21H2,1-4H3. The van der Waals surface area contributed by atoms with E-state index >= 15 is 0 Å². The first-order chi connectivity index (χ1) is 18.2. The Kier molecular flexibility index (Phi) is 8.96. The van der Waals surface area contributed by atoms with Gasteiger partial charge in [-0.2, -0.15) is 0 Å². The van der Waals surface area contributed by atoms with Crippen molar-refractivity contribution in [2.75, 3.05) is 6.61 Å². The van der Waals surface area contributed by atoms with Crippen molar-refractivity contribution in [3.8, 4) is 16.9 Å². The van der Waals surface area contributed by atoms with Gasteiger partial charge in [-0.1, -0.05) is 72.8 Å². The molecule has 0 unspecified atom stereocenters. The number of amidine groups is 1. The van der Waals surface area contributed by atoms with Crippen LogP contribution < -0.4 is 4.74 Å². The maximum Gasteiger partial charge on any atom is 0.349 e. The molecule has 1 amide bonds. The Labute approximate surface area is 234 Å². The van der Waals surface area contributed by atoms with E-state index in [1.54, 1.807) is 20.8 Å². The summed E-state index contributed by atoms with van der Waals surface area (Å²) in [5.41, 5.74) is 1.23. The number of aliphatic imine (C=N–C) groups is 1. The average molecular weight is 584 g/mol. The van der Waals surface area contributed by atoms with Crippen LogP contribution in [-0.2, 0) is 20.9 Å². The number of unbranched alkanes of at least 4 members (excludes halogenated alkanes) is 1. The molecule has 2 aromatic rings. The number of nitrogens with zero attached hydrogens (tertiary/aromatic N) is 2. The summed E-state index contributed by atoms with van der Waals surface area (Å²) in [5.74, 6) is 1.32. The molecule has 2 aliphatic rings. The van der Waals surface area contributed by atoms with Gasteiger partial charge in [0.05, 0.1) is 13.2 Å². The lowest BCUT2D eigenvalue weighted by Gasteiger charge is -2.29. The van der Waals surface area contributed by atoms with Gasteiger partial charge in [-0.05, 0) is 69.4 Å². The van der Waals surface area contributed by atoms with Crippen LogP contribution in [0.25, 0.3) is 11.1 Å². The highest BCUT2D eigenvalue weighted by Crippen LogP contribution is 2.39. The summed E-state index contributed by atoms with van der Waals surface area (Å²) < 4.78 is 12.3. The Balaban J connectivity index is 1.56. The molecule has 0 atom stereocenters. The number of carbonyl (C=O) groups excluding carboxylic acids is 2. The predicted molar refractivity (Wildman–Crippen MR) is 154 cm³/mol. The Bertz CT molecular complexity index is 1180. The van der Waals surface area contributed by atoms with Gasteiger partial charge < -0.3 is 9.47 Å². The SMILES string of the molecule is CCCCC1=NC2(CCCCC2)C(=O)N1Cc1ccc(-c2cc(Br)ccc2OC(C)(C)C(=O)OCC)cc1. The number of benzene rings is 2. The van der Waals surface area contributed by atoms with E-state index in [0.29, 0.717) is 18.9 Å². The molecule has 0 aromatic heterocycles. The fourth-order valence-electron chi connectivity index (χ4n) is 5.29. The second-order valence-electron chi connectivity index (χ2n) is 10.8. The van der Waals surface area contributed by atoms with Crippen molar-refractivity contribution in [3.63, 3.8) is 0 Å². The summed E-state index contributed by atoms with van der Waals surface area (Å²) >= 11 is 3.56. The van der Waals surface area contributed by atoms with Gasteiger partial charge >= 0.3 is 5.97 Å². The lowest BCUT2D eigenvalue weighted by molar-refractivity contribution is -0.158. The zero-order chi connectivity index (χ0) is 27.3. The van der Waals surface area contributed by atoms with Crippen LogP contribution in [-0.4, -0.2) is 40.4 Å². The largest absolute Gasteiger partial charge is 0.476 e. The smallest absolute Gasteiger partial charge is 0.349 e. The van der Waals surface area contributed by atoms with Crippen LogP contribution in [0.3, 0.4) is 0 Å². The number of rotatable bonds is 10. The molecule has 1 aliphatic heterocycles. The van der Waals surface area contributed by atoms with E-state index in [2.05, 4.69) is 35.0 Å². The number of hydrogen-bond donors (Lipinski definition) is 0. The second kappa shape index (κ2) is 12.0. The van der Waals surface area contributed by atoms with Crippen molar-refractivity contribution in [1.29, 1.82) is 0 Å². The van der Waals surface area contributed by atoms with Gasteiger partial charge in [0.2, 0.25) is 0 Å². The van der Waals surface area contributed by atoms with Crippen molar-refractivity contribution < 1.29 is 19.1 Å². The maximum absolute atomic E-state index is 13.6. The van der Waals surface area contributed by atoms with Gasteiger partial charge in [-0.25, -0.2) is 4.79 Å².